The third-order valence-electron chi connectivity index (χ3n) is 5.25. The Morgan fingerprint density at radius 1 is 1.19 bits per heavy atom. The van der Waals surface area contributed by atoms with Crippen LogP contribution in [-0.2, 0) is 17.7 Å². The quantitative estimate of drug-likeness (QED) is 0.448. The summed E-state index contributed by atoms with van der Waals surface area (Å²) in [7, 11) is 1.32. The van der Waals surface area contributed by atoms with Crippen molar-refractivity contribution >= 4 is 45.6 Å². The molecule has 0 saturated carbocycles. The summed E-state index contributed by atoms with van der Waals surface area (Å²) in [6.45, 7) is 1.03. The standard InChI is InChI=1S/C22H18ClN5O3S/c1-31-20(29)14-3-2-4-16(11-14)24-21(30)27-10-9-17-18(12-27)32-22-25-19(26-28(17)22)13-5-7-15(23)8-6-13/h2-8,11H,9-10,12H2,1H3,(H,24,30). The van der Waals surface area contributed by atoms with E-state index in [-0.39, 0.29) is 6.03 Å². The fourth-order valence-corrected chi connectivity index (χ4v) is 4.87. The molecule has 32 heavy (non-hydrogen) atoms. The van der Waals surface area contributed by atoms with Crippen LogP contribution in [0.5, 0.6) is 0 Å². The molecule has 2 aromatic carbocycles. The number of hydrogen-bond acceptors (Lipinski definition) is 6. The van der Waals surface area contributed by atoms with Gasteiger partial charge in [-0.15, -0.1) is 5.10 Å². The number of carbonyl (C=O) groups is 2. The number of anilines is 1. The Bertz CT molecular complexity index is 1330. The normalized spacial score (nSPS) is 13.1. The number of carbonyl (C=O) groups excluding carboxylic acids is 2. The summed E-state index contributed by atoms with van der Waals surface area (Å²) in [5, 5.41) is 8.20. The average Bonchev–Trinajstić information content (AvgIpc) is 3.36. The van der Waals surface area contributed by atoms with Crippen molar-refractivity contribution in [2.24, 2.45) is 0 Å². The highest BCUT2D eigenvalue weighted by molar-refractivity contribution is 7.17. The highest BCUT2D eigenvalue weighted by atomic mass is 35.5. The second-order valence-corrected chi connectivity index (χ2v) is 8.78. The predicted octanol–water partition coefficient (Wildman–Crippen LogP) is 4.49. The first-order valence-electron chi connectivity index (χ1n) is 9.89. The maximum absolute atomic E-state index is 12.8. The molecule has 10 heteroatoms. The molecular formula is C22H18ClN5O3S. The fourth-order valence-electron chi connectivity index (χ4n) is 3.63. The Labute approximate surface area is 192 Å². The van der Waals surface area contributed by atoms with Gasteiger partial charge in [0.2, 0.25) is 4.96 Å². The highest BCUT2D eigenvalue weighted by Gasteiger charge is 2.26. The lowest BCUT2D eigenvalue weighted by Crippen LogP contribution is -2.38. The van der Waals surface area contributed by atoms with Crippen LogP contribution < -0.4 is 5.32 Å². The van der Waals surface area contributed by atoms with Gasteiger partial charge in [-0.2, -0.15) is 4.98 Å². The number of methoxy groups -OCH3 is 1. The van der Waals surface area contributed by atoms with Crippen molar-refractivity contribution in [2.75, 3.05) is 19.0 Å². The molecule has 0 unspecified atom stereocenters. The summed E-state index contributed by atoms with van der Waals surface area (Å²) in [4.78, 5) is 32.8. The number of rotatable bonds is 3. The molecule has 1 aliphatic rings. The van der Waals surface area contributed by atoms with Gasteiger partial charge in [-0.3, -0.25) is 0 Å². The van der Waals surface area contributed by atoms with E-state index >= 15 is 0 Å². The van der Waals surface area contributed by atoms with Crippen LogP contribution in [0, 0.1) is 0 Å². The lowest BCUT2D eigenvalue weighted by Gasteiger charge is -2.26. The summed E-state index contributed by atoms with van der Waals surface area (Å²) in [6.07, 6.45) is 0.675. The van der Waals surface area contributed by atoms with E-state index < -0.39 is 5.97 Å². The molecule has 2 amide bonds. The number of benzene rings is 2. The molecule has 0 bridgehead atoms. The van der Waals surface area contributed by atoms with Crippen molar-refractivity contribution in [2.45, 2.75) is 13.0 Å². The highest BCUT2D eigenvalue weighted by Crippen LogP contribution is 2.30. The molecule has 162 valence electrons. The molecule has 5 rings (SSSR count). The van der Waals surface area contributed by atoms with Crippen molar-refractivity contribution in [1.29, 1.82) is 0 Å². The predicted molar refractivity (Wildman–Crippen MR) is 122 cm³/mol. The van der Waals surface area contributed by atoms with Crippen molar-refractivity contribution in [1.82, 2.24) is 19.5 Å². The number of fused-ring (bicyclic) bond motifs is 3. The molecule has 1 aliphatic heterocycles. The summed E-state index contributed by atoms with van der Waals surface area (Å²) in [5.74, 6) is 0.206. The Morgan fingerprint density at radius 3 is 2.78 bits per heavy atom. The summed E-state index contributed by atoms with van der Waals surface area (Å²) in [6, 6.07) is 13.9. The Balaban J connectivity index is 1.32. The van der Waals surface area contributed by atoms with E-state index in [1.807, 2.05) is 28.8 Å². The first-order chi connectivity index (χ1) is 15.5. The number of halogens is 1. The van der Waals surface area contributed by atoms with E-state index in [4.69, 9.17) is 16.3 Å². The second-order valence-electron chi connectivity index (χ2n) is 7.28. The molecule has 0 spiro atoms. The molecule has 0 radical (unpaired) electrons. The number of esters is 1. The second kappa shape index (κ2) is 8.25. The Hall–Kier alpha value is -3.43. The van der Waals surface area contributed by atoms with Gasteiger partial charge in [0.15, 0.2) is 5.82 Å². The van der Waals surface area contributed by atoms with Crippen LogP contribution in [0.3, 0.4) is 0 Å². The van der Waals surface area contributed by atoms with Crippen molar-refractivity contribution in [3.05, 3.63) is 69.7 Å². The van der Waals surface area contributed by atoms with Crippen LogP contribution in [0.1, 0.15) is 20.9 Å². The molecular weight excluding hydrogens is 450 g/mol. The SMILES string of the molecule is COC(=O)c1cccc(NC(=O)N2CCc3c(sc4nc(-c5ccc(Cl)cc5)nn34)C2)c1. The molecule has 8 nitrogen and oxygen atoms in total. The van der Waals surface area contributed by atoms with Crippen molar-refractivity contribution in [3.8, 4) is 11.4 Å². The van der Waals surface area contributed by atoms with Crippen LogP contribution >= 0.6 is 22.9 Å². The van der Waals surface area contributed by atoms with Crippen LogP contribution in [0.15, 0.2) is 48.5 Å². The minimum absolute atomic E-state index is 0.224. The van der Waals surface area contributed by atoms with Crippen LogP contribution in [-0.4, -0.2) is 45.2 Å². The number of hydrogen-bond donors (Lipinski definition) is 1. The van der Waals surface area contributed by atoms with Gasteiger partial charge in [-0.25, -0.2) is 14.1 Å². The molecule has 0 atom stereocenters. The summed E-state index contributed by atoms with van der Waals surface area (Å²) >= 11 is 7.50. The number of ether oxygens (including phenoxy) is 1. The third-order valence-corrected chi connectivity index (χ3v) is 6.56. The number of aromatic nitrogens is 3. The fraction of sp³-hybridized carbons (Fsp3) is 0.182. The van der Waals surface area contributed by atoms with Gasteiger partial charge in [-0.05, 0) is 42.5 Å². The molecule has 0 saturated heterocycles. The Kier molecular flexibility index (Phi) is 5.28. The zero-order valence-electron chi connectivity index (χ0n) is 17.0. The molecule has 0 aliphatic carbocycles. The zero-order chi connectivity index (χ0) is 22.2. The number of nitrogens with zero attached hydrogens (tertiary/aromatic N) is 4. The van der Waals surface area contributed by atoms with Gasteiger partial charge >= 0.3 is 12.0 Å². The average molecular weight is 468 g/mol. The molecule has 2 aromatic heterocycles. The van der Waals surface area contributed by atoms with Gasteiger partial charge in [0.25, 0.3) is 0 Å². The lowest BCUT2D eigenvalue weighted by molar-refractivity contribution is 0.0600. The van der Waals surface area contributed by atoms with E-state index in [1.165, 1.54) is 18.4 Å². The van der Waals surface area contributed by atoms with E-state index in [9.17, 15) is 9.59 Å². The third kappa shape index (κ3) is 3.80. The maximum Gasteiger partial charge on any atom is 0.337 e. The van der Waals surface area contributed by atoms with Crippen molar-refractivity contribution < 1.29 is 14.3 Å². The van der Waals surface area contributed by atoms with Gasteiger partial charge in [0, 0.05) is 34.1 Å². The van der Waals surface area contributed by atoms with Crippen LogP contribution in [0.25, 0.3) is 16.3 Å². The van der Waals surface area contributed by atoms with Gasteiger partial charge < -0.3 is 15.0 Å². The molecule has 3 heterocycles. The topological polar surface area (TPSA) is 88.8 Å². The summed E-state index contributed by atoms with van der Waals surface area (Å²) in [5.41, 5.74) is 2.91. The van der Waals surface area contributed by atoms with E-state index in [0.29, 0.717) is 41.6 Å². The van der Waals surface area contributed by atoms with Gasteiger partial charge in [0.1, 0.15) is 0 Å². The van der Waals surface area contributed by atoms with Crippen molar-refractivity contribution in [3.63, 3.8) is 0 Å². The van der Waals surface area contributed by atoms with E-state index in [1.54, 1.807) is 29.2 Å². The lowest BCUT2D eigenvalue weighted by atomic mass is 10.2. The smallest absolute Gasteiger partial charge is 0.337 e. The Morgan fingerprint density at radius 2 is 2.00 bits per heavy atom. The first kappa shape index (κ1) is 20.5. The number of urea groups is 1. The first-order valence-corrected chi connectivity index (χ1v) is 11.1. The number of nitrogens with one attached hydrogen (secondary N) is 1. The monoisotopic (exact) mass is 467 g/mol. The molecule has 1 N–H and O–H groups in total. The summed E-state index contributed by atoms with van der Waals surface area (Å²) < 4.78 is 6.61. The largest absolute Gasteiger partial charge is 0.465 e. The number of amides is 2. The van der Waals surface area contributed by atoms with Crippen LogP contribution in [0.2, 0.25) is 5.02 Å². The molecule has 0 fully saturated rings. The van der Waals surface area contributed by atoms with Gasteiger partial charge in [0.05, 0.1) is 24.9 Å². The zero-order valence-corrected chi connectivity index (χ0v) is 18.6. The minimum atomic E-state index is -0.448. The van der Waals surface area contributed by atoms with Crippen LogP contribution in [0.4, 0.5) is 10.5 Å². The van der Waals surface area contributed by atoms with Gasteiger partial charge in [-0.1, -0.05) is 29.0 Å². The minimum Gasteiger partial charge on any atom is -0.465 e. The molecule has 4 aromatic rings. The van der Waals surface area contributed by atoms with E-state index in [0.717, 1.165) is 21.1 Å². The van der Waals surface area contributed by atoms with E-state index in [2.05, 4.69) is 15.4 Å². The maximum atomic E-state index is 12.8. The number of thiazole rings is 1.